The Balaban J connectivity index is 3.00. The van der Waals surface area contributed by atoms with Gasteiger partial charge in [0.15, 0.2) is 6.17 Å². The molecule has 6 atom stereocenters. The van der Waals surface area contributed by atoms with E-state index in [4.69, 9.17) is 16.6 Å². The predicted molar refractivity (Wildman–Crippen MR) is 75.0 cm³/mol. The molecule has 5 N–H and O–H groups in total. The van der Waals surface area contributed by atoms with E-state index in [1.807, 2.05) is 0 Å². The molecule has 0 radical (unpaired) electrons. The summed E-state index contributed by atoms with van der Waals surface area (Å²) in [4.78, 5) is 22.6. The Morgan fingerprint density at radius 1 is 1.46 bits per heavy atom. The number of carbonyl (C=O) groups is 2. The van der Waals surface area contributed by atoms with Crippen LogP contribution in [-0.2, 0) is 14.3 Å². The maximum absolute atomic E-state index is 14.2. The zero-order valence-corrected chi connectivity index (χ0v) is 12.6. The molecule has 0 spiro atoms. The van der Waals surface area contributed by atoms with Gasteiger partial charge >= 0.3 is 11.8 Å². The van der Waals surface area contributed by atoms with Crippen LogP contribution in [0, 0.1) is 12.3 Å². The Kier molecular flexibility index (Phi) is 7.04. The normalized spacial score (nSPS) is 32.4. The molecule has 1 fully saturated rings. The third kappa shape index (κ3) is 4.39. The Morgan fingerprint density at radius 3 is 2.58 bits per heavy atom. The van der Waals surface area contributed by atoms with E-state index in [1.54, 1.807) is 0 Å². The van der Waals surface area contributed by atoms with Gasteiger partial charge in [-0.05, 0) is 0 Å². The molecule has 1 aliphatic rings. The van der Waals surface area contributed by atoms with E-state index in [0.29, 0.717) is 0 Å². The van der Waals surface area contributed by atoms with Gasteiger partial charge in [-0.25, -0.2) is 9.18 Å². The largest absolute Gasteiger partial charge is 0.477 e. The van der Waals surface area contributed by atoms with Crippen LogP contribution in [0.4, 0.5) is 8.78 Å². The van der Waals surface area contributed by atoms with Crippen molar-refractivity contribution in [3.8, 4) is 12.3 Å². The molecule has 1 rings (SSSR count). The molecule has 0 aliphatic carbocycles. The summed E-state index contributed by atoms with van der Waals surface area (Å²) in [5, 5.41) is 39.3. The molecule has 1 heterocycles. The number of halogens is 2. The first-order valence-corrected chi connectivity index (χ1v) is 7.11. The summed E-state index contributed by atoms with van der Waals surface area (Å²) in [6.07, 6.45) is -4.06. The minimum absolute atomic E-state index is 0.0765. The highest BCUT2D eigenvalue weighted by Crippen LogP contribution is 2.35. The first-order chi connectivity index (χ1) is 11.2. The number of carbonyl (C=O) groups excluding carboxylic acids is 1. The van der Waals surface area contributed by atoms with Crippen molar-refractivity contribution in [1.29, 1.82) is 0 Å². The van der Waals surface area contributed by atoms with Crippen LogP contribution in [0.2, 0.25) is 0 Å². The van der Waals surface area contributed by atoms with Crippen LogP contribution in [0.25, 0.3) is 0 Å². The minimum atomic E-state index is -3.75. The third-order valence-corrected chi connectivity index (χ3v) is 3.62. The number of nitrogens with one attached hydrogen (secondary N) is 1. The summed E-state index contributed by atoms with van der Waals surface area (Å²) in [6.45, 7) is -0.940. The molecule has 1 amide bonds. The number of rotatable bonds is 7. The standard InChI is InChI=1S/C14H19F2NO7/c1-2-3-4-10(20)17-7-5-9(15)14(16,13(22)23)24-12(7)11(21)8(19)6-18/h1,7-9,11-12,18-19,21H,3-6H2,(H,17,20)(H,22,23). The van der Waals surface area contributed by atoms with Crippen LogP contribution < -0.4 is 5.32 Å². The summed E-state index contributed by atoms with van der Waals surface area (Å²) in [7, 11) is 0. The number of carboxylic acids is 1. The van der Waals surface area contributed by atoms with E-state index in [9.17, 15) is 28.6 Å². The Labute approximate surface area is 136 Å². The fraction of sp³-hybridized carbons (Fsp3) is 0.714. The Hall–Kier alpha value is -1.80. The second-order valence-corrected chi connectivity index (χ2v) is 5.35. The molecule has 10 heteroatoms. The lowest BCUT2D eigenvalue weighted by molar-refractivity contribution is -0.272. The van der Waals surface area contributed by atoms with Gasteiger partial charge in [0.25, 0.3) is 0 Å². The first-order valence-electron chi connectivity index (χ1n) is 7.11. The smallest absolute Gasteiger partial charge is 0.372 e. The third-order valence-electron chi connectivity index (χ3n) is 3.62. The van der Waals surface area contributed by atoms with Crippen molar-refractivity contribution >= 4 is 11.9 Å². The van der Waals surface area contributed by atoms with Crippen molar-refractivity contribution in [2.24, 2.45) is 0 Å². The van der Waals surface area contributed by atoms with Crippen molar-refractivity contribution < 1.29 is 43.5 Å². The van der Waals surface area contributed by atoms with Crippen LogP contribution in [-0.4, -0.2) is 75.3 Å². The molecule has 24 heavy (non-hydrogen) atoms. The van der Waals surface area contributed by atoms with Gasteiger partial charge in [0.2, 0.25) is 5.91 Å². The van der Waals surface area contributed by atoms with Gasteiger partial charge in [0, 0.05) is 19.3 Å². The second kappa shape index (κ2) is 8.34. The second-order valence-electron chi connectivity index (χ2n) is 5.35. The molecule has 0 aromatic carbocycles. The van der Waals surface area contributed by atoms with E-state index in [0.717, 1.165) is 0 Å². The van der Waals surface area contributed by atoms with Crippen LogP contribution in [0.5, 0.6) is 0 Å². The van der Waals surface area contributed by atoms with E-state index in [-0.39, 0.29) is 12.8 Å². The van der Waals surface area contributed by atoms with Crippen molar-refractivity contribution in [3.63, 3.8) is 0 Å². The Morgan fingerprint density at radius 2 is 2.08 bits per heavy atom. The van der Waals surface area contributed by atoms with Crippen LogP contribution in [0.3, 0.4) is 0 Å². The number of aliphatic hydroxyl groups is 3. The van der Waals surface area contributed by atoms with E-state index >= 15 is 0 Å². The monoisotopic (exact) mass is 351 g/mol. The highest BCUT2D eigenvalue weighted by molar-refractivity contribution is 5.78. The molecule has 0 aromatic rings. The van der Waals surface area contributed by atoms with Crippen LogP contribution >= 0.6 is 0 Å². The van der Waals surface area contributed by atoms with Crippen molar-refractivity contribution in [2.75, 3.05) is 6.61 Å². The first kappa shape index (κ1) is 20.2. The van der Waals surface area contributed by atoms with E-state index in [1.165, 1.54) is 0 Å². The summed E-state index contributed by atoms with van der Waals surface area (Å²) >= 11 is 0. The molecule has 0 bridgehead atoms. The van der Waals surface area contributed by atoms with E-state index in [2.05, 4.69) is 16.0 Å². The highest BCUT2D eigenvalue weighted by Gasteiger charge is 2.58. The lowest BCUT2D eigenvalue weighted by atomic mass is 9.90. The molecule has 6 unspecified atom stereocenters. The zero-order chi connectivity index (χ0) is 18.5. The number of carboxylic acid groups (broad SMARTS) is 1. The molecule has 0 saturated carbocycles. The van der Waals surface area contributed by atoms with Gasteiger partial charge < -0.3 is 30.5 Å². The molecule has 136 valence electrons. The topological polar surface area (TPSA) is 136 Å². The van der Waals surface area contributed by atoms with Gasteiger partial charge in [0.1, 0.15) is 18.3 Å². The number of hydrogen-bond acceptors (Lipinski definition) is 6. The zero-order valence-electron chi connectivity index (χ0n) is 12.6. The summed E-state index contributed by atoms with van der Waals surface area (Å²) in [5.41, 5.74) is 0. The quantitative estimate of drug-likeness (QED) is 0.351. The molecular formula is C14H19F2NO7. The predicted octanol–water partition coefficient (Wildman–Crippen LogP) is -1.52. The number of amides is 1. The number of alkyl halides is 2. The lowest BCUT2D eigenvalue weighted by Crippen LogP contribution is -2.65. The van der Waals surface area contributed by atoms with Gasteiger partial charge in [0.05, 0.1) is 12.6 Å². The maximum atomic E-state index is 14.2. The van der Waals surface area contributed by atoms with Crippen molar-refractivity contribution in [1.82, 2.24) is 5.32 Å². The summed E-state index contributed by atoms with van der Waals surface area (Å²) < 4.78 is 32.6. The number of aliphatic hydroxyl groups excluding tert-OH is 3. The number of terminal acetylenes is 1. The minimum Gasteiger partial charge on any atom is -0.477 e. The van der Waals surface area contributed by atoms with Crippen molar-refractivity contribution in [2.45, 2.75) is 55.6 Å². The fourth-order valence-electron chi connectivity index (χ4n) is 2.29. The lowest BCUT2D eigenvalue weighted by Gasteiger charge is -2.42. The SMILES string of the molecule is C#CCCC(=O)NC1CC(F)C(F)(C(=O)O)OC1C(O)C(O)CO. The fourth-order valence-corrected chi connectivity index (χ4v) is 2.29. The van der Waals surface area contributed by atoms with Gasteiger partial charge in [-0.3, -0.25) is 4.79 Å². The maximum Gasteiger partial charge on any atom is 0.372 e. The summed E-state index contributed by atoms with van der Waals surface area (Å²) in [5.74, 6) is -4.44. The average Bonchev–Trinajstić information content (AvgIpc) is 2.54. The summed E-state index contributed by atoms with van der Waals surface area (Å²) in [6, 6.07) is -1.33. The van der Waals surface area contributed by atoms with Gasteiger partial charge in [-0.2, -0.15) is 4.39 Å². The van der Waals surface area contributed by atoms with Crippen molar-refractivity contribution in [3.05, 3.63) is 0 Å². The number of ether oxygens (including phenoxy) is 1. The molecular weight excluding hydrogens is 332 g/mol. The molecule has 8 nitrogen and oxygen atoms in total. The molecule has 0 aromatic heterocycles. The Bertz CT molecular complexity index is 512. The van der Waals surface area contributed by atoms with E-state index < -0.39 is 61.3 Å². The van der Waals surface area contributed by atoms with Crippen LogP contribution in [0.1, 0.15) is 19.3 Å². The van der Waals surface area contributed by atoms with Crippen LogP contribution in [0.15, 0.2) is 0 Å². The van der Waals surface area contributed by atoms with Gasteiger partial charge in [-0.1, -0.05) is 0 Å². The number of hydrogen-bond donors (Lipinski definition) is 5. The van der Waals surface area contributed by atoms with Gasteiger partial charge in [-0.15, -0.1) is 12.3 Å². The molecule has 1 aliphatic heterocycles. The highest BCUT2D eigenvalue weighted by atomic mass is 19.2. The number of aliphatic carboxylic acids is 1. The average molecular weight is 351 g/mol. The molecule has 1 saturated heterocycles.